The molecular formula is C18H18ClNO2. The number of hydrogen-bond acceptors (Lipinski definition) is 2. The lowest BCUT2D eigenvalue weighted by atomic mass is 9.98. The Labute approximate surface area is 135 Å². The molecule has 0 heterocycles. The Kier molecular flexibility index (Phi) is 4.88. The summed E-state index contributed by atoms with van der Waals surface area (Å²) >= 11 is 6.36. The molecule has 0 amide bonds. The Morgan fingerprint density at radius 2 is 1.82 bits per heavy atom. The summed E-state index contributed by atoms with van der Waals surface area (Å²) in [5.74, 6) is -0.956. The van der Waals surface area contributed by atoms with Crippen LogP contribution in [0.2, 0.25) is 5.02 Å². The number of carbonyl (C=O) groups is 1. The molecule has 0 aromatic heterocycles. The second-order valence-corrected chi connectivity index (χ2v) is 5.68. The number of nitrogens with zero attached hydrogens (tertiary/aromatic N) is 1. The fraction of sp³-hybridized carbons (Fsp3) is 0.167. The van der Waals surface area contributed by atoms with E-state index in [9.17, 15) is 4.79 Å². The van der Waals surface area contributed by atoms with Crippen molar-refractivity contribution in [2.75, 3.05) is 19.0 Å². The van der Waals surface area contributed by atoms with Crippen LogP contribution in [0.25, 0.3) is 16.7 Å². The van der Waals surface area contributed by atoms with Gasteiger partial charge >= 0.3 is 5.97 Å². The second-order valence-electron chi connectivity index (χ2n) is 5.27. The summed E-state index contributed by atoms with van der Waals surface area (Å²) in [5, 5.41) is 9.53. The van der Waals surface area contributed by atoms with Crippen molar-refractivity contribution in [2.24, 2.45) is 0 Å². The first kappa shape index (κ1) is 16.1. The zero-order valence-electron chi connectivity index (χ0n) is 12.8. The van der Waals surface area contributed by atoms with Crippen molar-refractivity contribution < 1.29 is 9.90 Å². The minimum Gasteiger partial charge on any atom is -0.478 e. The van der Waals surface area contributed by atoms with E-state index in [0.717, 1.165) is 22.4 Å². The minimum absolute atomic E-state index is 0.640. The van der Waals surface area contributed by atoms with E-state index < -0.39 is 5.97 Å². The first-order valence-electron chi connectivity index (χ1n) is 6.88. The van der Waals surface area contributed by atoms with Gasteiger partial charge in [0.25, 0.3) is 0 Å². The van der Waals surface area contributed by atoms with Crippen molar-refractivity contribution in [2.45, 2.75) is 6.92 Å². The molecule has 1 N–H and O–H groups in total. The largest absolute Gasteiger partial charge is 0.478 e. The average molecular weight is 316 g/mol. The quantitative estimate of drug-likeness (QED) is 0.841. The third kappa shape index (κ3) is 3.49. The third-order valence-corrected chi connectivity index (χ3v) is 3.77. The number of rotatable bonds is 4. The van der Waals surface area contributed by atoms with Crippen molar-refractivity contribution in [3.05, 3.63) is 59.1 Å². The van der Waals surface area contributed by atoms with Crippen LogP contribution < -0.4 is 4.90 Å². The lowest BCUT2D eigenvalue weighted by molar-refractivity contribution is -0.131. The van der Waals surface area contributed by atoms with E-state index in [1.54, 1.807) is 13.0 Å². The summed E-state index contributed by atoms with van der Waals surface area (Å²) in [6.45, 7) is 1.78. The Morgan fingerprint density at radius 1 is 1.14 bits per heavy atom. The fourth-order valence-corrected chi connectivity index (χ4v) is 2.56. The van der Waals surface area contributed by atoms with Gasteiger partial charge in [0.2, 0.25) is 0 Å². The van der Waals surface area contributed by atoms with Crippen molar-refractivity contribution >= 4 is 28.8 Å². The highest BCUT2D eigenvalue weighted by atomic mass is 35.5. The van der Waals surface area contributed by atoms with Gasteiger partial charge in [0.05, 0.1) is 0 Å². The zero-order valence-corrected chi connectivity index (χ0v) is 13.6. The maximum Gasteiger partial charge on any atom is 0.328 e. The number of carboxylic acids is 1. The zero-order chi connectivity index (χ0) is 16.3. The highest BCUT2D eigenvalue weighted by Gasteiger charge is 2.11. The van der Waals surface area contributed by atoms with Gasteiger partial charge in [-0.3, -0.25) is 0 Å². The first-order valence-corrected chi connectivity index (χ1v) is 7.26. The maximum atomic E-state index is 10.8. The predicted molar refractivity (Wildman–Crippen MR) is 92.5 cm³/mol. The van der Waals surface area contributed by atoms with Crippen LogP contribution in [0.15, 0.2) is 48.5 Å². The molecule has 0 radical (unpaired) electrons. The topological polar surface area (TPSA) is 40.5 Å². The minimum atomic E-state index is -0.956. The highest BCUT2D eigenvalue weighted by Crippen LogP contribution is 2.36. The Bertz CT molecular complexity index is 736. The summed E-state index contributed by atoms with van der Waals surface area (Å²) in [5.41, 5.74) is 4.49. The Morgan fingerprint density at radius 3 is 2.45 bits per heavy atom. The molecule has 2 rings (SSSR count). The number of aliphatic carboxylic acids is 1. The van der Waals surface area contributed by atoms with Crippen molar-refractivity contribution in [3.63, 3.8) is 0 Å². The van der Waals surface area contributed by atoms with Crippen molar-refractivity contribution in [1.82, 2.24) is 0 Å². The van der Waals surface area contributed by atoms with E-state index in [4.69, 9.17) is 16.7 Å². The van der Waals surface area contributed by atoms with Gasteiger partial charge in [-0.25, -0.2) is 4.79 Å². The molecule has 3 nitrogen and oxygen atoms in total. The smallest absolute Gasteiger partial charge is 0.328 e. The maximum absolute atomic E-state index is 10.8. The molecule has 22 heavy (non-hydrogen) atoms. The average Bonchev–Trinajstić information content (AvgIpc) is 2.47. The molecule has 2 aromatic carbocycles. The lowest BCUT2D eigenvalue weighted by Gasteiger charge is -2.18. The van der Waals surface area contributed by atoms with Gasteiger partial charge in [0.1, 0.15) is 0 Å². The first-order chi connectivity index (χ1) is 10.4. The van der Waals surface area contributed by atoms with E-state index in [2.05, 4.69) is 0 Å². The molecular weight excluding hydrogens is 298 g/mol. The van der Waals surface area contributed by atoms with Crippen LogP contribution in [0.3, 0.4) is 0 Å². The summed E-state index contributed by atoms with van der Waals surface area (Å²) in [6.07, 6.45) is 1.20. The molecule has 0 unspecified atom stereocenters. The molecule has 0 saturated heterocycles. The van der Waals surface area contributed by atoms with Crippen LogP contribution in [0.4, 0.5) is 5.69 Å². The molecule has 0 atom stereocenters. The van der Waals surface area contributed by atoms with Crippen molar-refractivity contribution in [3.8, 4) is 11.1 Å². The number of halogens is 1. The number of para-hydroxylation sites is 1. The molecule has 4 heteroatoms. The van der Waals surface area contributed by atoms with Gasteiger partial charge in [-0.05, 0) is 36.3 Å². The molecule has 0 saturated carbocycles. The monoisotopic (exact) mass is 315 g/mol. The predicted octanol–water partition coefficient (Wildman–Crippen LogP) is 4.56. The summed E-state index contributed by atoms with van der Waals surface area (Å²) in [4.78, 5) is 12.9. The Hall–Kier alpha value is -2.26. The lowest BCUT2D eigenvalue weighted by Crippen LogP contribution is -2.09. The third-order valence-electron chi connectivity index (χ3n) is 3.44. The molecule has 0 aliphatic heterocycles. The molecule has 0 aliphatic carbocycles. The number of anilines is 1. The van der Waals surface area contributed by atoms with Crippen molar-refractivity contribution in [1.29, 1.82) is 0 Å². The summed E-state index contributed by atoms with van der Waals surface area (Å²) in [6, 6.07) is 13.5. The number of hydrogen-bond donors (Lipinski definition) is 1. The van der Waals surface area contributed by atoms with Gasteiger partial charge in [0, 0.05) is 42.0 Å². The SMILES string of the molecule is C/C(=C\C(=O)O)c1ccc(Cl)c(-c2ccccc2N(C)C)c1. The number of benzene rings is 2. The fourth-order valence-electron chi connectivity index (χ4n) is 2.34. The van der Waals surface area contributed by atoms with E-state index >= 15 is 0 Å². The van der Waals surface area contributed by atoms with Gasteiger partial charge in [-0.1, -0.05) is 35.9 Å². The van der Waals surface area contributed by atoms with Crippen LogP contribution in [-0.2, 0) is 4.79 Å². The molecule has 0 fully saturated rings. The molecule has 114 valence electrons. The van der Waals surface area contributed by atoms with E-state index in [1.165, 1.54) is 6.08 Å². The highest BCUT2D eigenvalue weighted by molar-refractivity contribution is 6.33. The number of carboxylic acid groups (broad SMARTS) is 1. The van der Waals surface area contributed by atoms with E-state index in [0.29, 0.717) is 10.6 Å². The van der Waals surface area contributed by atoms with Gasteiger partial charge in [-0.15, -0.1) is 0 Å². The van der Waals surface area contributed by atoms with Gasteiger partial charge < -0.3 is 10.0 Å². The number of allylic oxidation sites excluding steroid dienone is 1. The van der Waals surface area contributed by atoms with Crippen LogP contribution in [-0.4, -0.2) is 25.2 Å². The second kappa shape index (κ2) is 6.67. The molecule has 0 spiro atoms. The van der Waals surface area contributed by atoms with E-state index in [1.807, 2.05) is 55.4 Å². The van der Waals surface area contributed by atoms with Gasteiger partial charge in [0.15, 0.2) is 0 Å². The molecule has 2 aromatic rings. The van der Waals surface area contributed by atoms with Gasteiger partial charge in [-0.2, -0.15) is 0 Å². The van der Waals surface area contributed by atoms with E-state index in [-0.39, 0.29) is 0 Å². The van der Waals surface area contributed by atoms with Crippen LogP contribution in [0.5, 0.6) is 0 Å². The standard InChI is InChI=1S/C18H18ClNO2/c1-12(10-18(21)22)13-8-9-16(19)15(11-13)14-6-4-5-7-17(14)20(2)3/h4-11H,1-3H3,(H,21,22)/b12-10+. The van der Waals surface area contributed by atoms with Crippen LogP contribution in [0.1, 0.15) is 12.5 Å². The Balaban J connectivity index is 2.60. The normalized spacial score (nSPS) is 11.4. The summed E-state index contributed by atoms with van der Waals surface area (Å²) < 4.78 is 0. The van der Waals surface area contributed by atoms with Crippen LogP contribution in [0, 0.1) is 0 Å². The molecule has 0 bridgehead atoms. The molecule has 0 aliphatic rings. The van der Waals surface area contributed by atoms with Crippen LogP contribution >= 0.6 is 11.6 Å². The summed E-state index contributed by atoms with van der Waals surface area (Å²) in [7, 11) is 3.96.